The Kier molecular flexibility index (Phi) is 8.14. The van der Waals surface area contributed by atoms with Crippen molar-refractivity contribution in [3.63, 3.8) is 0 Å². The van der Waals surface area contributed by atoms with Crippen LogP contribution in [0.3, 0.4) is 0 Å². The number of nitrogens with two attached hydrogens (primary N) is 1. The molecule has 2 aliphatic heterocycles. The first-order chi connectivity index (χ1) is 20.0. The van der Waals surface area contributed by atoms with E-state index < -0.39 is 23.0 Å². The van der Waals surface area contributed by atoms with E-state index in [0.29, 0.717) is 26.1 Å². The van der Waals surface area contributed by atoms with E-state index in [4.69, 9.17) is 19.9 Å². The zero-order valence-corrected chi connectivity index (χ0v) is 26.1. The standard InChI is InChI=1S/C33H46N2O6S/c1-19-7-11-33-12-9-23(36)29(33)32(19,4)25(41-26(37)18-42-24-17-40-27-22(34)16-39-28(24)27)14-31(3,30(38)20(33)2)10-8-21-6-5-13-35-15-21/h5-6,8,10,13,15,19-20,22,24-25,27-30,38H,7,9,11-12,14,16-18,34H2,1-4H3/b10-8+/t19-,20+,22+,24+,25-,27?,28-,29+,30+,31+,32+,33+/m1/s1. The van der Waals surface area contributed by atoms with Gasteiger partial charge in [0.05, 0.1) is 42.5 Å². The van der Waals surface area contributed by atoms with Crippen LogP contribution in [0.4, 0.5) is 0 Å². The molecule has 42 heavy (non-hydrogen) atoms. The molecule has 1 aromatic heterocycles. The molecule has 3 N–H and O–H groups in total. The summed E-state index contributed by atoms with van der Waals surface area (Å²) in [7, 11) is 0. The maximum atomic E-state index is 13.7. The van der Waals surface area contributed by atoms with Crippen LogP contribution in [0.15, 0.2) is 30.6 Å². The normalized spacial score (nSPS) is 46.7. The minimum Gasteiger partial charge on any atom is -0.461 e. The largest absolute Gasteiger partial charge is 0.461 e. The first-order valence-electron chi connectivity index (χ1n) is 15.6. The highest BCUT2D eigenvalue weighted by Crippen LogP contribution is 2.68. The molecule has 5 aliphatic rings. The number of aliphatic hydroxyl groups excluding tert-OH is 1. The molecule has 8 nitrogen and oxygen atoms in total. The molecule has 3 saturated carbocycles. The third-order valence-corrected chi connectivity index (χ3v) is 13.1. The highest BCUT2D eigenvalue weighted by molar-refractivity contribution is 8.00. The number of rotatable bonds is 6. The monoisotopic (exact) mass is 598 g/mol. The highest BCUT2D eigenvalue weighted by atomic mass is 32.2. The Labute approximate surface area is 253 Å². The molecular formula is C33H46N2O6S. The van der Waals surface area contributed by atoms with E-state index in [2.05, 4.69) is 38.8 Å². The van der Waals surface area contributed by atoms with Gasteiger partial charge in [0.25, 0.3) is 0 Å². The second kappa shape index (κ2) is 11.3. The van der Waals surface area contributed by atoms with Crippen LogP contribution in [0, 0.1) is 34.0 Å². The van der Waals surface area contributed by atoms with Gasteiger partial charge in [-0.15, -0.1) is 11.8 Å². The number of carbonyl (C=O) groups is 2. The number of aliphatic hydroxyl groups is 1. The summed E-state index contributed by atoms with van der Waals surface area (Å²) in [6, 6.07) is 3.75. The van der Waals surface area contributed by atoms with Crippen molar-refractivity contribution in [1.82, 2.24) is 4.98 Å². The van der Waals surface area contributed by atoms with Crippen LogP contribution in [0.1, 0.15) is 65.4 Å². The van der Waals surface area contributed by atoms with Gasteiger partial charge < -0.3 is 25.1 Å². The van der Waals surface area contributed by atoms with Crippen LogP contribution in [0.5, 0.6) is 0 Å². The predicted octanol–water partition coefficient (Wildman–Crippen LogP) is 4.04. The van der Waals surface area contributed by atoms with Gasteiger partial charge in [0.2, 0.25) is 0 Å². The number of hydrogen-bond acceptors (Lipinski definition) is 9. The zero-order chi connectivity index (χ0) is 29.9. The van der Waals surface area contributed by atoms with Crippen LogP contribution in [0.2, 0.25) is 0 Å². The maximum Gasteiger partial charge on any atom is 0.316 e. The molecular weight excluding hydrogens is 552 g/mol. The lowest BCUT2D eigenvalue weighted by Crippen LogP contribution is -2.63. The second-order valence-corrected chi connectivity index (χ2v) is 15.3. The quantitative estimate of drug-likeness (QED) is 0.468. The summed E-state index contributed by atoms with van der Waals surface area (Å²) >= 11 is 1.50. The summed E-state index contributed by atoms with van der Waals surface area (Å²) < 4.78 is 18.2. The van der Waals surface area contributed by atoms with Crippen molar-refractivity contribution in [2.45, 2.75) is 95.5 Å². The minimum atomic E-state index is -0.705. The number of aromatic nitrogens is 1. The van der Waals surface area contributed by atoms with Crippen molar-refractivity contribution in [1.29, 1.82) is 0 Å². The summed E-state index contributed by atoms with van der Waals surface area (Å²) in [5.41, 5.74) is 5.54. The fraction of sp³-hybridized carbons (Fsp3) is 0.727. The van der Waals surface area contributed by atoms with Crippen LogP contribution < -0.4 is 5.73 Å². The number of pyridine rings is 1. The van der Waals surface area contributed by atoms with Crippen LogP contribution in [-0.4, -0.2) is 76.5 Å². The average molecular weight is 599 g/mol. The number of fused-ring (bicyclic) bond motifs is 1. The average Bonchev–Trinajstić information content (AvgIpc) is 3.67. The Balaban J connectivity index is 1.31. The van der Waals surface area contributed by atoms with E-state index >= 15 is 0 Å². The molecule has 0 spiro atoms. The molecule has 6 rings (SSSR count). The van der Waals surface area contributed by atoms with E-state index in [9.17, 15) is 14.7 Å². The lowest BCUT2D eigenvalue weighted by molar-refractivity contribution is -0.205. The Hall–Kier alpha value is -1.78. The predicted molar refractivity (Wildman–Crippen MR) is 161 cm³/mol. The molecule has 5 fully saturated rings. The zero-order valence-electron chi connectivity index (χ0n) is 25.2. The summed E-state index contributed by atoms with van der Waals surface area (Å²) in [5, 5.41) is 12.1. The first-order valence-corrected chi connectivity index (χ1v) is 16.6. The molecule has 3 heterocycles. The fourth-order valence-corrected chi connectivity index (χ4v) is 10.2. The molecule has 0 aromatic carbocycles. The van der Waals surface area contributed by atoms with Gasteiger partial charge in [-0.2, -0.15) is 0 Å². The molecule has 3 aliphatic carbocycles. The van der Waals surface area contributed by atoms with E-state index in [1.54, 1.807) is 12.4 Å². The molecule has 2 bridgehead atoms. The van der Waals surface area contributed by atoms with Gasteiger partial charge in [0.15, 0.2) is 0 Å². The summed E-state index contributed by atoms with van der Waals surface area (Å²) in [5.74, 6) is -0.00143. The SMILES string of the molecule is C[C@@H]1CC[C@@]23CCC(=O)[C@H]2[C@]1(C)[C@H](OC(=O)CS[C@H]1COC2[C@@H](N)CO[C@@H]21)C[C@](C)(/C=C/c1cccnc1)[C@@H](O)[C@@H]3C. The number of hydrogen-bond donors (Lipinski definition) is 2. The number of ketones is 1. The van der Waals surface area contributed by atoms with Crippen molar-refractivity contribution in [2.75, 3.05) is 19.0 Å². The Morgan fingerprint density at radius 3 is 2.79 bits per heavy atom. The number of nitrogens with zero attached hydrogens (tertiary/aromatic N) is 1. The van der Waals surface area contributed by atoms with Gasteiger partial charge in [-0.1, -0.05) is 45.9 Å². The van der Waals surface area contributed by atoms with Gasteiger partial charge in [-0.3, -0.25) is 14.6 Å². The second-order valence-electron chi connectivity index (χ2n) is 14.1. The van der Waals surface area contributed by atoms with E-state index in [-0.39, 0.29) is 64.2 Å². The first kappa shape index (κ1) is 30.3. The highest BCUT2D eigenvalue weighted by Gasteiger charge is 2.68. The van der Waals surface area contributed by atoms with Crippen LogP contribution >= 0.6 is 11.8 Å². The van der Waals surface area contributed by atoms with Crippen molar-refractivity contribution in [2.24, 2.45) is 39.7 Å². The molecule has 0 radical (unpaired) electrons. The third-order valence-electron chi connectivity index (χ3n) is 11.9. The topological polar surface area (TPSA) is 121 Å². The number of esters is 1. The number of ether oxygens (including phenoxy) is 3. The van der Waals surface area contributed by atoms with Crippen molar-refractivity contribution >= 4 is 29.6 Å². The lowest BCUT2D eigenvalue weighted by atomic mass is 9.44. The molecule has 1 unspecified atom stereocenters. The Morgan fingerprint density at radius 1 is 1.24 bits per heavy atom. The van der Waals surface area contributed by atoms with Crippen LogP contribution in [-0.2, 0) is 23.8 Å². The number of carbonyl (C=O) groups excluding carboxylic acids is 2. The molecule has 9 heteroatoms. The Morgan fingerprint density at radius 2 is 2.02 bits per heavy atom. The van der Waals surface area contributed by atoms with Gasteiger partial charge >= 0.3 is 5.97 Å². The minimum absolute atomic E-state index is 0.0250. The van der Waals surface area contributed by atoms with Gasteiger partial charge in [-0.25, -0.2) is 0 Å². The van der Waals surface area contributed by atoms with E-state index in [1.165, 1.54) is 11.8 Å². The molecule has 230 valence electrons. The molecule has 12 atom stereocenters. The number of thioether (sulfide) groups is 1. The maximum absolute atomic E-state index is 13.7. The van der Waals surface area contributed by atoms with Crippen molar-refractivity contribution < 1.29 is 28.9 Å². The van der Waals surface area contributed by atoms with Gasteiger partial charge in [0.1, 0.15) is 18.0 Å². The van der Waals surface area contributed by atoms with E-state index in [1.807, 2.05) is 18.2 Å². The lowest BCUT2D eigenvalue weighted by Gasteiger charge is -2.61. The van der Waals surface area contributed by atoms with Crippen molar-refractivity contribution in [3.05, 3.63) is 36.2 Å². The molecule has 1 aromatic rings. The van der Waals surface area contributed by atoms with Gasteiger partial charge in [-0.05, 0) is 54.6 Å². The molecule has 2 saturated heterocycles. The summed E-state index contributed by atoms with van der Waals surface area (Å²) in [6.45, 7) is 9.58. The number of Topliss-reactive ketones (excluding diaryl/α,β-unsaturated/α-hetero) is 1. The van der Waals surface area contributed by atoms with Crippen molar-refractivity contribution in [3.8, 4) is 0 Å². The third kappa shape index (κ3) is 4.87. The van der Waals surface area contributed by atoms with Crippen LogP contribution in [0.25, 0.3) is 6.08 Å². The Bertz CT molecular complexity index is 1210. The van der Waals surface area contributed by atoms with E-state index in [0.717, 1.165) is 24.8 Å². The summed E-state index contributed by atoms with van der Waals surface area (Å²) in [4.78, 5) is 31.6. The smallest absolute Gasteiger partial charge is 0.316 e. The van der Waals surface area contributed by atoms with Gasteiger partial charge in [0, 0.05) is 35.6 Å². The molecule has 0 amide bonds. The summed E-state index contributed by atoms with van der Waals surface area (Å²) in [6.07, 6.45) is 9.76. The fourth-order valence-electron chi connectivity index (χ4n) is 9.23.